The number of rotatable bonds is 5. The van der Waals surface area contributed by atoms with Crippen molar-refractivity contribution in [3.63, 3.8) is 0 Å². The molecule has 0 bridgehead atoms. The predicted octanol–water partition coefficient (Wildman–Crippen LogP) is 3.50. The van der Waals surface area contributed by atoms with Crippen LogP contribution in [0.5, 0.6) is 0 Å². The van der Waals surface area contributed by atoms with Gasteiger partial charge in [0.2, 0.25) is 0 Å². The smallest absolute Gasteiger partial charge is 0.409 e. The van der Waals surface area contributed by atoms with E-state index >= 15 is 0 Å². The van der Waals surface area contributed by atoms with E-state index in [0.717, 1.165) is 11.1 Å². The van der Waals surface area contributed by atoms with Crippen LogP contribution in [0, 0.1) is 12.7 Å². The number of carboxylic acid groups (broad SMARTS) is 1. The predicted molar refractivity (Wildman–Crippen MR) is 82.6 cm³/mol. The normalized spacial score (nSPS) is 10.5. The average Bonchev–Trinajstić information content (AvgIpc) is 2.48. The Bertz CT molecular complexity index is 668. The molecule has 0 saturated carbocycles. The zero-order chi connectivity index (χ0) is 16.1. The van der Waals surface area contributed by atoms with Crippen LogP contribution in [0.4, 0.5) is 14.9 Å². The summed E-state index contributed by atoms with van der Waals surface area (Å²) in [7, 11) is 0. The van der Waals surface area contributed by atoms with Crippen molar-refractivity contribution in [2.45, 2.75) is 26.4 Å². The van der Waals surface area contributed by atoms with Gasteiger partial charge in [-0.3, -0.25) is 5.32 Å². The third kappa shape index (κ3) is 3.83. The summed E-state index contributed by atoms with van der Waals surface area (Å²) in [4.78, 5) is 10.5. The van der Waals surface area contributed by atoms with Crippen molar-refractivity contribution in [2.24, 2.45) is 0 Å². The van der Waals surface area contributed by atoms with Crippen molar-refractivity contribution >= 4 is 11.8 Å². The molecule has 0 spiro atoms. The molecule has 5 heteroatoms. The second-order valence-electron chi connectivity index (χ2n) is 5.12. The number of hydrogen-bond acceptors (Lipinski definition) is 2. The highest BCUT2D eigenvalue weighted by Crippen LogP contribution is 2.19. The van der Waals surface area contributed by atoms with Crippen molar-refractivity contribution in [1.82, 2.24) is 0 Å². The Morgan fingerprint density at radius 3 is 2.41 bits per heavy atom. The monoisotopic (exact) mass is 303 g/mol. The van der Waals surface area contributed by atoms with E-state index in [0.29, 0.717) is 29.7 Å². The Morgan fingerprint density at radius 1 is 1.14 bits per heavy atom. The Balaban J connectivity index is 2.05. The molecule has 0 aliphatic rings. The van der Waals surface area contributed by atoms with Crippen molar-refractivity contribution in [3.05, 3.63) is 64.5 Å². The van der Waals surface area contributed by atoms with E-state index in [1.807, 2.05) is 18.2 Å². The molecule has 0 atom stereocenters. The van der Waals surface area contributed by atoms with Gasteiger partial charge in [-0.1, -0.05) is 24.3 Å². The molecule has 0 heterocycles. The largest absolute Gasteiger partial charge is 0.465 e. The molecule has 0 fully saturated rings. The second-order valence-corrected chi connectivity index (χ2v) is 5.12. The summed E-state index contributed by atoms with van der Waals surface area (Å²) in [5.41, 5.74) is 3.15. The number of amides is 1. The molecular weight excluding hydrogens is 285 g/mol. The highest BCUT2D eigenvalue weighted by molar-refractivity contribution is 5.82. The molecule has 0 aromatic heterocycles. The van der Waals surface area contributed by atoms with Gasteiger partial charge in [0, 0.05) is 11.3 Å². The van der Waals surface area contributed by atoms with Gasteiger partial charge in [-0.15, -0.1) is 0 Å². The van der Waals surface area contributed by atoms with Gasteiger partial charge in [0.1, 0.15) is 5.82 Å². The van der Waals surface area contributed by atoms with E-state index in [4.69, 9.17) is 5.11 Å². The average molecular weight is 303 g/mol. The van der Waals surface area contributed by atoms with Crippen LogP contribution in [0.3, 0.4) is 0 Å². The maximum Gasteiger partial charge on any atom is 0.409 e. The van der Waals surface area contributed by atoms with Crippen LogP contribution in [-0.4, -0.2) is 16.3 Å². The second kappa shape index (κ2) is 7.04. The highest BCUT2D eigenvalue weighted by Gasteiger charge is 2.10. The zero-order valence-corrected chi connectivity index (χ0v) is 12.3. The number of benzene rings is 2. The molecule has 0 aliphatic heterocycles. The summed E-state index contributed by atoms with van der Waals surface area (Å²) in [6, 6.07) is 10.5. The first-order chi connectivity index (χ1) is 10.5. The summed E-state index contributed by atoms with van der Waals surface area (Å²) in [5, 5.41) is 20.1. The zero-order valence-electron chi connectivity index (χ0n) is 12.3. The third-order valence-electron chi connectivity index (χ3n) is 3.60. The van der Waals surface area contributed by atoms with Crippen LogP contribution in [0.2, 0.25) is 0 Å². The van der Waals surface area contributed by atoms with Gasteiger partial charge < -0.3 is 10.2 Å². The van der Waals surface area contributed by atoms with Gasteiger partial charge in [-0.2, -0.15) is 0 Å². The Morgan fingerprint density at radius 2 is 1.82 bits per heavy atom. The summed E-state index contributed by atoms with van der Waals surface area (Å²) in [5.74, 6) is -0.341. The molecule has 116 valence electrons. The molecule has 3 N–H and O–H groups in total. The van der Waals surface area contributed by atoms with Crippen molar-refractivity contribution in [2.75, 3.05) is 5.32 Å². The van der Waals surface area contributed by atoms with Crippen molar-refractivity contribution < 1.29 is 19.4 Å². The maximum atomic E-state index is 14.2. The van der Waals surface area contributed by atoms with E-state index in [9.17, 15) is 14.3 Å². The van der Waals surface area contributed by atoms with Crippen LogP contribution < -0.4 is 5.32 Å². The lowest BCUT2D eigenvalue weighted by molar-refractivity contribution is 0.209. The van der Waals surface area contributed by atoms with Gasteiger partial charge in [0.05, 0.1) is 6.61 Å². The summed E-state index contributed by atoms with van der Waals surface area (Å²) in [6.45, 7) is 1.47. The topological polar surface area (TPSA) is 69.6 Å². The fourth-order valence-electron chi connectivity index (χ4n) is 2.31. The van der Waals surface area contributed by atoms with Gasteiger partial charge in [0.15, 0.2) is 0 Å². The van der Waals surface area contributed by atoms with Crippen LogP contribution in [0.25, 0.3) is 0 Å². The van der Waals surface area contributed by atoms with Gasteiger partial charge >= 0.3 is 6.09 Å². The molecule has 2 aromatic rings. The quantitative estimate of drug-likeness (QED) is 0.791. The Hall–Kier alpha value is -2.40. The summed E-state index contributed by atoms with van der Waals surface area (Å²) in [6.07, 6.45) is 0.0502. The van der Waals surface area contributed by atoms with Crippen LogP contribution in [0.15, 0.2) is 36.4 Å². The lowest BCUT2D eigenvalue weighted by Crippen LogP contribution is -2.07. The molecule has 0 saturated heterocycles. The molecule has 1 amide bonds. The lowest BCUT2D eigenvalue weighted by Gasteiger charge is -2.10. The molecule has 2 aromatic carbocycles. The number of halogens is 1. The van der Waals surface area contributed by atoms with Crippen LogP contribution in [-0.2, 0) is 19.4 Å². The first kappa shape index (κ1) is 16.0. The molecule has 2 rings (SSSR count). The van der Waals surface area contributed by atoms with Crippen molar-refractivity contribution in [1.29, 1.82) is 0 Å². The maximum absolute atomic E-state index is 14.2. The number of hydrogen-bond donors (Lipinski definition) is 3. The first-order valence-corrected chi connectivity index (χ1v) is 6.98. The van der Waals surface area contributed by atoms with E-state index in [2.05, 4.69) is 5.32 Å². The number of aliphatic hydroxyl groups excluding tert-OH is 1. The molecule has 0 aliphatic carbocycles. The fraction of sp³-hybridized carbons (Fsp3) is 0.235. The standard InChI is InChI=1S/C17H18FNO3/c1-11-2-6-13(16(18)15(11)10-20)7-3-12-4-8-14(9-5-12)19-17(21)22/h2,4-6,8-9,19-20H,3,7,10H2,1H3,(H,21,22). The first-order valence-electron chi connectivity index (χ1n) is 6.98. The fourth-order valence-corrected chi connectivity index (χ4v) is 2.31. The number of aryl methyl sites for hydroxylation is 3. The summed E-state index contributed by atoms with van der Waals surface area (Å²) < 4.78 is 14.2. The minimum atomic E-state index is -1.11. The van der Waals surface area contributed by atoms with Gasteiger partial charge in [-0.25, -0.2) is 9.18 Å². The molecular formula is C17H18FNO3. The van der Waals surface area contributed by atoms with E-state index in [1.165, 1.54) is 0 Å². The third-order valence-corrected chi connectivity index (χ3v) is 3.60. The minimum Gasteiger partial charge on any atom is -0.465 e. The van der Waals surface area contributed by atoms with Crippen LogP contribution in [0.1, 0.15) is 22.3 Å². The molecule has 0 radical (unpaired) electrons. The van der Waals surface area contributed by atoms with Crippen LogP contribution >= 0.6 is 0 Å². The lowest BCUT2D eigenvalue weighted by atomic mass is 9.99. The van der Waals surface area contributed by atoms with E-state index in [1.54, 1.807) is 25.1 Å². The Kier molecular flexibility index (Phi) is 5.12. The molecule has 22 heavy (non-hydrogen) atoms. The number of anilines is 1. The minimum absolute atomic E-state index is 0.305. The summed E-state index contributed by atoms with van der Waals surface area (Å²) >= 11 is 0. The van der Waals surface area contributed by atoms with Crippen molar-refractivity contribution in [3.8, 4) is 0 Å². The number of carbonyl (C=O) groups is 1. The molecule has 0 unspecified atom stereocenters. The van der Waals surface area contributed by atoms with Gasteiger partial charge in [0.25, 0.3) is 0 Å². The highest BCUT2D eigenvalue weighted by atomic mass is 19.1. The SMILES string of the molecule is Cc1ccc(CCc2ccc(NC(=O)O)cc2)c(F)c1CO. The van der Waals surface area contributed by atoms with E-state index < -0.39 is 6.09 Å². The van der Waals surface area contributed by atoms with Gasteiger partial charge in [-0.05, 0) is 48.6 Å². The molecule has 4 nitrogen and oxygen atoms in total. The van der Waals surface area contributed by atoms with E-state index in [-0.39, 0.29) is 12.4 Å². The number of aliphatic hydroxyl groups is 1. The number of nitrogens with one attached hydrogen (secondary N) is 1. The Labute approximate surface area is 128 Å².